The minimum absolute atomic E-state index is 0.124. The Balaban J connectivity index is 1.43. The van der Waals surface area contributed by atoms with Crippen LogP contribution in [0.1, 0.15) is 40.9 Å². The molecular formula is C32H32N2O4S. The Morgan fingerprint density at radius 3 is 2.18 bits per heavy atom. The number of anilines is 2. The summed E-state index contributed by atoms with van der Waals surface area (Å²) in [6.45, 7) is 2.80. The molecule has 39 heavy (non-hydrogen) atoms. The van der Waals surface area contributed by atoms with Gasteiger partial charge in [0.05, 0.1) is 13.7 Å². The number of benzene rings is 4. The van der Waals surface area contributed by atoms with E-state index >= 15 is 0 Å². The maximum absolute atomic E-state index is 13.4. The van der Waals surface area contributed by atoms with Crippen LogP contribution >= 0.6 is 11.8 Å². The Morgan fingerprint density at radius 2 is 1.49 bits per heavy atom. The molecule has 0 radical (unpaired) electrons. The van der Waals surface area contributed by atoms with Crippen molar-refractivity contribution in [2.24, 2.45) is 0 Å². The first kappa shape index (κ1) is 27.8. The van der Waals surface area contributed by atoms with E-state index in [9.17, 15) is 9.59 Å². The highest BCUT2D eigenvalue weighted by atomic mass is 32.2. The zero-order valence-corrected chi connectivity index (χ0v) is 22.9. The lowest BCUT2D eigenvalue weighted by Gasteiger charge is -2.18. The van der Waals surface area contributed by atoms with Gasteiger partial charge in [-0.3, -0.25) is 9.59 Å². The quantitative estimate of drug-likeness (QED) is 0.143. The van der Waals surface area contributed by atoms with E-state index in [1.807, 2.05) is 78.9 Å². The maximum Gasteiger partial charge on any atom is 0.255 e. The van der Waals surface area contributed by atoms with Crippen LogP contribution in [0.15, 0.2) is 108 Å². The van der Waals surface area contributed by atoms with Crippen LogP contribution in [-0.4, -0.2) is 25.5 Å². The fourth-order valence-electron chi connectivity index (χ4n) is 3.80. The van der Waals surface area contributed by atoms with Crippen molar-refractivity contribution in [1.82, 2.24) is 0 Å². The number of thioether (sulfide) groups is 1. The van der Waals surface area contributed by atoms with Crippen molar-refractivity contribution in [3.8, 4) is 11.5 Å². The summed E-state index contributed by atoms with van der Waals surface area (Å²) in [6, 6.07) is 31.6. The Kier molecular flexibility index (Phi) is 10.0. The van der Waals surface area contributed by atoms with Gasteiger partial charge in [-0.15, -0.1) is 11.8 Å². The van der Waals surface area contributed by atoms with Crippen molar-refractivity contribution in [2.75, 3.05) is 24.4 Å². The summed E-state index contributed by atoms with van der Waals surface area (Å²) in [5, 5.41) is 5.47. The molecule has 0 aliphatic heterocycles. The highest BCUT2D eigenvalue weighted by Gasteiger charge is 2.22. The van der Waals surface area contributed by atoms with Crippen molar-refractivity contribution < 1.29 is 19.1 Å². The average molecular weight is 541 g/mol. The first-order chi connectivity index (χ1) is 19.1. The van der Waals surface area contributed by atoms with E-state index in [4.69, 9.17) is 9.47 Å². The molecule has 0 heterocycles. The van der Waals surface area contributed by atoms with Gasteiger partial charge >= 0.3 is 0 Å². The molecule has 4 rings (SSSR count). The molecule has 0 spiro atoms. The average Bonchev–Trinajstić information content (AvgIpc) is 2.98. The lowest BCUT2D eigenvalue weighted by molar-refractivity contribution is -0.115. The van der Waals surface area contributed by atoms with Gasteiger partial charge in [0.2, 0.25) is 5.91 Å². The zero-order valence-electron chi connectivity index (χ0n) is 22.1. The lowest BCUT2D eigenvalue weighted by atomic mass is 10.1. The molecule has 4 aromatic carbocycles. The first-order valence-corrected chi connectivity index (χ1v) is 13.7. The van der Waals surface area contributed by atoms with Gasteiger partial charge in [0.1, 0.15) is 16.7 Å². The summed E-state index contributed by atoms with van der Waals surface area (Å²) in [7, 11) is 1.57. The van der Waals surface area contributed by atoms with Crippen molar-refractivity contribution >= 4 is 35.0 Å². The summed E-state index contributed by atoms with van der Waals surface area (Å²) in [5.74, 6) is 1.06. The van der Waals surface area contributed by atoms with Crippen molar-refractivity contribution in [3.63, 3.8) is 0 Å². The molecule has 0 bridgehead atoms. The predicted octanol–water partition coefficient (Wildman–Crippen LogP) is 7.60. The van der Waals surface area contributed by atoms with Crippen molar-refractivity contribution in [2.45, 2.75) is 29.9 Å². The number of amides is 2. The van der Waals surface area contributed by atoms with Crippen LogP contribution in [-0.2, 0) is 4.79 Å². The van der Waals surface area contributed by atoms with Crippen LogP contribution in [0.4, 0.5) is 11.4 Å². The van der Waals surface area contributed by atoms with Gasteiger partial charge in [-0.25, -0.2) is 0 Å². The second-order valence-electron chi connectivity index (χ2n) is 8.83. The molecule has 0 aliphatic rings. The lowest BCUT2D eigenvalue weighted by Crippen LogP contribution is -2.19. The number of hydrogen-bond donors (Lipinski definition) is 2. The van der Waals surface area contributed by atoms with Gasteiger partial charge in [0, 0.05) is 21.8 Å². The second kappa shape index (κ2) is 14.1. The van der Waals surface area contributed by atoms with Gasteiger partial charge in [0.25, 0.3) is 5.91 Å². The predicted molar refractivity (Wildman–Crippen MR) is 158 cm³/mol. The van der Waals surface area contributed by atoms with Gasteiger partial charge in [-0.2, -0.15) is 0 Å². The molecule has 6 nitrogen and oxygen atoms in total. The van der Waals surface area contributed by atoms with E-state index in [1.165, 1.54) is 11.8 Å². The summed E-state index contributed by atoms with van der Waals surface area (Å²) in [5.41, 5.74) is 2.78. The van der Waals surface area contributed by atoms with Gasteiger partial charge in [-0.1, -0.05) is 49.7 Å². The maximum atomic E-state index is 13.4. The third-order valence-electron chi connectivity index (χ3n) is 5.93. The Labute approximate surface area is 233 Å². The van der Waals surface area contributed by atoms with Crippen LogP contribution in [0.25, 0.3) is 0 Å². The van der Waals surface area contributed by atoms with Crippen LogP contribution in [0.3, 0.4) is 0 Å². The third kappa shape index (κ3) is 8.12. The number of hydrogen-bond acceptors (Lipinski definition) is 5. The van der Waals surface area contributed by atoms with E-state index in [-0.39, 0.29) is 11.8 Å². The second-order valence-corrected chi connectivity index (χ2v) is 10.0. The zero-order chi connectivity index (χ0) is 27.5. The monoisotopic (exact) mass is 540 g/mol. The molecule has 0 saturated heterocycles. The molecule has 2 N–H and O–H groups in total. The molecule has 1 unspecified atom stereocenters. The van der Waals surface area contributed by atoms with Crippen molar-refractivity contribution in [3.05, 3.63) is 114 Å². The number of carbonyl (C=O) groups excluding carboxylic acids is 2. The molecule has 2 amide bonds. The topological polar surface area (TPSA) is 76.7 Å². The Bertz CT molecular complexity index is 1360. The number of carbonyl (C=O) groups is 2. The molecule has 0 aliphatic carbocycles. The molecule has 0 fully saturated rings. The summed E-state index contributed by atoms with van der Waals surface area (Å²) >= 11 is 1.45. The van der Waals surface area contributed by atoms with E-state index < -0.39 is 5.25 Å². The molecule has 7 heteroatoms. The number of ether oxygens (including phenoxy) is 2. The number of methoxy groups -OCH3 is 1. The number of rotatable bonds is 12. The van der Waals surface area contributed by atoms with E-state index in [0.29, 0.717) is 29.3 Å². The van der Waals surface area contributed by atoms with Crippen LogP contribution in [0.2, 0.25) is 0 Å². The third-order valence-corrected chi connectivity index (χ3v) is 7.19. The minimum Gasteiger partial charge on any atom is -0.497 e. The normalized spacial score (nSPS) is 11.3. The molecule has 200 valence electrons. The summed E-state index contributed by atoms with van der Waals surface area (Å²) < 4.78 is 10.9. The Hall–Kier alpha value is -4.23. The van der Waals surface area contributed by atoms with Crippen LogP contribution in [0, 0.1) is 0 Å². The molecular weight excluding hydrogens is 508 g/mol. The van der Waals surface area contributed by atoms with Gasteiger partial charge < -0.3 is 20.1 Å². The van der Waals surface area contributed by atoms with E-state index in [0.717, 1.165) is 29.1 Å². The highest BCUT2D eigenvalue weighted by Crippen LogP contribution is 2.37. The first-order valence-electron chi connectivity index (χ1n) is 12.9. The molecule has 0 saturated carbocycles. The van der Waals surface area contributed by atoms with Crippen molar-refractivity contribution in [1.29, 1.82) is 0 Å². The van der Waals surface area contributed by atoms with E-state index in [2.05, 4.69) is 17.6 Å². The number of unbranched alkanes of at least 4 members (excludes halogenated alkanes) is 1. The van der Waals surface area contributed by atoms with Crippen LogP contribution in [0.5, 0.6) is 11.5 Å². The van der Waals surface area contributed by atoms with Gasteiger partial charge in [0.15, 0.2) is 0 Å². The summed E-state index contributed by atoms with van der Waals surface area (Å²) in [6.07, 6.45) is 2.08. The highest BCUT2D eigenvalue weighted by molar-refractivity contribution is 8.00. The van der Waals surface area contributed by atoms with Gasteiger partial charge in [-0.05, 0) is 78.7 Å². The molecule has 1 atom stereocenters. The standard InChI is InChI=1S/C32H32N2O4S/c1-3-4-21-38-27-17-13-25(14-18-27)34-32(36)30(23-9-6-5-7-10-23)39-29-19-15-26(16-20-29)33-31(35)24-11-8-12-28(22-24)37-2/h5-20,22,30H,3-4,21H2,1-2H3,(H,33,35)(H,34,36). The smallest absolute Gasteiger partial charge is 0.255 e. The molecule has 4 aromatic rings. The number of nitrogens with one attached hydrogen (secondary N) is 2. The van der Waals surface area contributed by atoms with E-state index in [1.54, 1.807) is 31.4 Å². The molecule has 0 aromatic heterocycles. The van der Waals surface area contributed by atoms with Crippen LogP contribution < -0.4 is 20.1 Å². The fourth-order valence-corrected chi connectivity index (χ4v) is 4.82. The SMILES string of the molecule is CCCCOc1ccc(NC(=O)C(Sc2ccc(NC(=O)c3cccc(OC)c3)cc2)c2ccccc2)cc1. The Morgan fingerprint density at radius 1 is 0.795 bits per heavy atom. The summed E-state index contributed by atoms with van der Waals surface area (Å²) in [4.78, 5) is 27.0. The fraction of sp³-hybridized carbons (Fsp3) is 0.188. The largest absolute Gasteiger partial charge is 0.497 e. The minimum atomic E-state index is -0.469.